The van der Waals surface area contributed by atoms with Crippen LogP contribution < -0.4 is 5.73 Å². The average molecular weight is 369 g/mol. The summed E-state index contributed by atoms with van der Waals surface area (Å²) in [6.07, 6.45) is 0.783. The molecule has 1 saturated heterocycles. The molecule has 27 heavy (non-hydrogen) atoms. The van der Waals surface area contributed by atoms with Crippen LogP contribution in [0.3, 0.4) is 0 Å². The first-order chi connectivity index (χ1) is 13.0. The Hall–Kier alpha value is -2.21. The van der Waals surface area contributed by atoms with Crippen LogP contribution in [0.4, 0.5) is 0 Å². The zero-order valence-corrected chi connectivity index (χ0v) is 15.6. The third kappa shape index (κ3) is 4.95. The highest BCUT2D eigenvalue weighted by atomic mass is 16.6. The lowest BCUT2D eigenvalue weighted by Crippen LogP contribution is -2.45. The van der Waals surface area contributed by atoms with Gasteiger partial charge in [0.15, 0.2) is 0 Å². The minimum Gasteiger partial charge on any atom is -0.457 e. The van der Waals surface area contributed by atoms with E-state index in [4.69, 9.17) is 15.2 Å². The minimum atomic E-state index is -1.00. The van der Waals surface area contributed by atoms with Gasteiger partial charge in [-0.1, -0.05) is 54.6 Å². The van der Waals surface area contributed by atoms with Crippen LogP contribution in [0, 0.1) is 5.41 Å². The molecule has 1 aliphatic heterocycles. The summed E-state index contributed by atoms with van der Waals surface area (Å²) in [7, 11) is 0. The standard InChI is InChI=1S/C22H27NO4/c1-22(15-24,21(25)27-20-13-26-14-20)12-19(23)11-16-7-9-18(10-8-16)17-5-3-2-4-6-17/h2-10,19-20,24H,11-15,23H2,1H3. The summed E-state index contributed by atoms with van der Waals surface area (Å²) in [6.45, 7) is 2.26. The van der Waals surface area contributed by atoms with Crippen molar-refractivity contribution in [2.45, 2.75) is 31.9 Å². The number of ether oxygens (including phenoxy) is 2. The highest BCUT2D eigenvalue weighted by Crippen LogP contribution is 2.27. The van der Waals surface area contributed by atoms with E-state index in [-0.39, 0.29) is 18.8 Å². The Morgan fingerprint density at radius 3 is 2.37 bits per heavy atom. The summed E-state index contributed by atoms with van der Waals surface area (Å²) >= 11 is 0. The molecular formula is C22H27NO4. The van der Waals surface area contributed by atoms with Crippen LogP contribution in [0.25, 0.3) is 11.1 Å². The summed E-state index contributed by atoms with van der Waals surface area (Å²) in [5.41, 5.74) is 8.71. The molecule has 1 heterocycles. The van der Waals surface area contributed by atoms with Crippen molar-refractivity contribution in [1.29, 1.82) is 0 Å². The van der Waals surface area contributed by atoms with Gasteiger partial charge in [0, 0.05) is 6.04 Å². The number of carbonyl (C=O) groups is 1. The van der Waals surface area contributed by atoms with E-state index in [2.05, 4.69) is 36.4 Å². The molecule has 5 heteroatoms. The molecule has 2 aromatic rings. The highest BCUT2D eigenvalue weighted by Gasteiger charge is 2.38. The van der Waals surface area contributed by atoms with Crippen molar-refractivity contribution in [2.24, 2.45) is 11.1 Å². The van der Waals surface area contributed by atoms with Gasteiger partial charge in [0.2, 0.25) is 0 Å². The Labute approximate surface area is 160 Å². The Morgan fingerprint density at radius 1 is 1.19 bits per heavy atom. The number of nitrogens with two attached hydrogens (primary N) is 1. The lowest BCUT2D eigenvalue weighted by molar-refractivity contribution is -0.185. The Balaban J connectivity index is 1.58. The topological polar surface area (TPSA) is 81.8 Å². The van der Waals surface area contributed by atoms with Gasteiger partial charge in [0.05, 0.1) is 25.2 Å². The molecule has 1 fully saturated rings. The zero-order valence-electron chi connectivity index (χ0n) is 15.6. The van der Waals surface area contributed by atoms with Crippen molar-refractivity contribution in [1.82, 2.24) is 0 Å². The number of rotatable bonds is 8. The van der Waals surface area contributed by atoms with Gasteiger partial charge in [-0.2, -0.15) is 0 Å². The van der Waals surface area contributed by atoms with Gasteiger partial charge in [-0.15, -0.1) is 0 Å². The molecule has 2 aromatic carbocycles. The third-order valence-electron chi connectivity index (χ3n) is 4.99. The van der Waals surface area contributed by atoms with E-state index >= 15 is 0 Å². The first-order valence-corrected chi connectivity index (χ1v) is 9.30. The van der Waals surface area contributed by atoms with E-state index in [1.807, 2.05) is 18.2 Å². The smallest absolute Gasteiger partial charge is 0.314 e. The molecule has 0 spiro atoms. The molecule has 2 unspecified atom stereocenters. The second kappa shape index (κ2) is 8.65. The van der Waals surface area contributed by atoms with E-state index < -0.39 is 11.4 Å². The first kappa shape index (κ1) is 19.5. The SMILES string of the molecule is CC(CO)(CC(N)Cc1ccc(-c2ccccc2)cc1)C(=O)OC1COC1. The van der Waals surface area contributed by atoms with Gasteiger partial charge in [-0.25, -0.2) is 0 Å². The minimum absolute atomic E-state index is 0.204. The largest absolute Gasteiger partial charge is 0.457 e. The number of aliphatic hydroxyl groups is 1. The van der Waals surface area contributed by atoms with E-state index in [0.29, 0.717) is 26.1 Å². The predicted octanol–water partition coefficient (Wildman–Crippen LogP) is 2.55. The van der Waals surface area contributed by atoms with Gasteiger partial charge < -0.3 is 20.3 Å². The third-order valence-corrected chi connectivity index (χ3v) is 4.99. The van der Waals surface area contributed by atoms with Crippen LogP contribution in [-0.4, -0.2) is 43.0 Å². The van der Waals surface area contributed by atoms with Gasteiger partial charge in [-0.05, 0) is 36.5 Å². The Kier molecular flexibility index (Phi) is 6.26. The van der Waals surface area contributed by atoms with Gasteiger partial charge in [0.25, 0.3) is 0 Å². The van der Waals surface area contributed by atoms with Crippen LogP contribution >= 0.6 is 0 Å². The first-order valence-electron chi connectivity index (χ1n) is 9.30. The molecule has 0 bridgehead atoms. The van der Waals surface area contributed by atoms with Crippen LogP contribution in [-0.2, 0) is 20.7 Å². The lowest BCUT2D eigenvalue weighted by atomic mass is 9.82. The molecule has 0 saturated carbocycles. The molecule has 0 aliphatic carbocycles. The maximum Gasteiger partial charge on any atom is 0.314 e. The summed E-state index contributed by atoms with van der Waals surface area (Å²) in [5, 5.41) is 9.75. The number of hydrogen-bond donors (Lipinski definition) is 2. The van der Waals surface area contributed by atoms with Crippen LogP contribution in [0.1, 0.15) is 18.9 Å². The molecule has 0 aromatic heterocycles. The maximum absolute atomic E-state index is 12.4. The van der Waals surface area contributed by atoms with Crippen molar-refractivity contribution >= 4 is 5.97 Å². The fourth-order valence-electron chi connectivity index (χ4n) is 3.21. The molecule has 144 valence electrons. The van der Waals surface area contributed by atoms with Crippen LogP contribution in [0.5, 0.6) is 0 Å². The van der Waals surface area contributed by atoms with Crippen molar-refractivity contribution in [3.63, 3.8) is 0 Å². The molecule has 0 radical (unpaired) electrons. The Morgan fingerprint density at radius 2 is 1.81 bits per heavy atom. The monoisotopic (exact) mass is 369 g/mol. The summed E-state index contributed by atoms with van der Waals surface area (Å²) < 4.78 is 10.4. The molecule has 3 N–H and O–H groups in total. The van der Waals surface area contributed by atoms with Crippen molar-refractivity contribution in [3.05, 3.63) is 60.2 Å². The van der Waals surface area contributed by atoms with Crippen LogP contribution in [0.2, 0.25) is 0 Å². The molecule has 0 amide bonds. The lowest BCUT2D eigenvalue weighted by Gasteiger charge is -2.33. The van der Waals surface area contributed by atoms with Crippen LogP contribution in [0.15, 0.2) is 54.6 Å². The number of carbonyl (C=O) groups excluding carboxylic acids is 1. The van der Waals surface area contributed by atoms with E-state index in [1.165, 1.54) is 5.56 Å². The predicted molar refractivity (Wildman–Crippen MR) is 104 cm³/mol. The summed E-state index contributed by atoms with van der Waals surface area (Å²) in [5.74, 6) is -0.409. The van der Waals surface area contributed by atoms with E-state index in [9.17, 15) is 9.90 Å². The average Bonchev–Trinajstić information content (AvgIpc) is 2.65. The molecule has 2 atom stereocenters. The van der Waals surface area contributed by atoms with Gasteiger partial charge in [0.1, 0.15) is 6.10 Å². The summed E-state index contributed by atoms with van der Waals surface area (Å²) in [6, 6.07) is 18.2. The molecule has 5 nitrogen and oxygen atoms in total. The van der Waals surface area contributed by atoms with Crippen molar-refractivity contribution in [2.75, 3.05) is 19.8 Å². The number of hydrogen-bond acceptors (Lipinski definition) is 5. The second-order valence-electron chi connectivity index (χ2n) is 7.51. The fourth-order valence-corrected chi connectivity index (χ4v) is 3.21. The highest BCUT2D eigenvalue weighted by molar-refractivity contribution is 5.77. The molecule has 3 rings (SSSR count). The van der Waals surface area contributed by atoms with Gasteiger partial charge in [-0.3, -0.25) is 4.79 Å². The molecular weight excluding hydrogens is 342 g/mol. The maximum atomic E-state index is 12.4. The Bertz CT molecular complexity index is 743. The zero-order chi connectivity index (χ0) is 19.3. The quantitative estimate of drug-likeness (QED) is 0.699. The fraction of sp³-hybridized carbons (Fsp3) is 0.409. The van der Waals surface area contributed by atoms with Crippen molar-refractivity contribution < 1.29 is 19.4 Å². The summed E-state index contributed by atoms with van der Waals surface area (Å²) in [4.78, 5) is 12.4. The normalized spacial score (nSPS) is 17.6. The van der Waals surface area contributed by atoms with E-state index in [0.717, 1.165) is 11.1 Å². The van der Waals surface area contributed by atoms with Crippen molar-refractivity contribution in [3.8, 4) is 11.1 Å². The second-order valence-corrected chi connectivity index (χ2v) is 7.51. The number of aliphatic hydroxyl groups excluding tert-OH is 1. The van der Waals surface area contributed by atoms with E-state index in [1.54, 1.807) is 6.92 Å². The molecule has 1 aliphatic rings. The van der Waals surface area contributed by atoms with Gasteiger partial charge >= 0.3 is 5.97 Å². The number of esters is 1. The number of benzene rings is 2.